The molecule has 0 spiro atoms. The molecule has 0 unspecified atom stereocenters. The highest BCUT2D eigenvalue weighted by molar-refractivity contribution is 6.10. The lowest BCUT2D eigenvalue weighted by Gasteiger charge is -2.08. The highest BCUT2D eigenvalue weighted by Crippen LogP contribution is 2.25. The van der Waals surface area contributed by atoms with Crippen molar-refractivity contribution in [2.45, 2.75) is 18.9 Å². The summed E-state index contributed by atoms with van der Waals surface area (Å²) in [4.78, 5) is 15.5. The summed E-state index contributed by atoms with van der Waals surface area (Å²) in [5.74, 6) is 0.264. The third-order valence-electron chi connectivity index (χ3n) is 3.41. The second kappa shape index (κ2) is 4.46. The van der Waals surface area contributed by atoms with E-state index >= 15 is 0 Å². The first-order chi connectivity index (χ1) is 9.94. The molecule has 2 aromatic rings. The minimum absolute atomic E-state index is 0.0322. The maximum absolute atomic E-state index is 12.5. The van der Waals surface area contributed by atoms with E-state index in [2.05, 4.69) is 10.3 Å². The van der Waals surface area contributed by atoms with Gasteiger partial charge in [-0.2, -0.15) is 0 Å². The summed E-state index contributed by atoms with van der Waals surface area (Å²) in [6, 6.07) is 4.74. The van der Waals surface area contributed by atoms with Crippen LogP contribution in [-0.4, -0.2) is 30.4 Å². The number of hydrogen-bond donors (Lipinski definition) is 2. The molecule has 0 aliphatic carbocycles. The highest BCUT2D eigenvalue weighted by atomic mass is 16.5. The Balaban J connectivity index is 1.95. The zero-order valence-electron chi connectivity index (χ0n) is 12.8. The molecule has 0 bridgehead atoms. The molecule has 4 nitrogen and oxygen atoms in total. The van der Waals surface area contributed by atoms with Gasteiger partial charge in [0.25, 0.3) is 0 Å². The smallest absolute Gasteiger partial charge is 0.181 e. The van der Waals surface area contributed by atoms with Gasteiger partial charge in [0.05, 0.1) is 17.2 Å². The van der Waals surface area contributed by atoms with E-state index in [0.717, 1.165) is 24.9 Å². The summed E-state index contributed by atoms with van der Waals surface area (Å²) in [5, 5.41) is 3.87. The average molecular weight is 247 g/mol. The number of carbonyl (C=O) groups excluding carboxylic acids is 1. The molecule has 1 saturated heterocycles. The van der Waals surface area contributed by atoms with Crippen molar-refractivity contribution in [1.82, 2.24) is 10.3 Å². The first-order valence-corrected chi connectivity index (χ1v) is 6.02. The minimum atomic E-state index is -2.50. The van der Waals surface area contributed by atoms with Crippen LogP contribution in [0, 0.1) is 0 Å². The van der Waals surface area contributed by atoms with E-state index in [1.54, 1.807) is 24.4 Å². The van der Waals surface area contributed by atoms with E-state index in [1.165, 1.54) is 0 Å². The standard InChI is InChI=1S/C14H16N2O2/c1-18-9-4-5-12-10(7-9)11(8-16-12)14(17)13-3-2-6-15-13/h4-5,7-8,13,15-16H,2-3,6H2,1H3/t13-/m1/s1/i1D3. The predicted octanol–water partition coefficient (Wildman–Crippen LogP) is 2.11. The van der Waals surface area contributed by atoms with Gasteiger partial charge in [0.15, 0.2) is 5.78 Å². The van der Waals surface area contributed by atoms with Crippen LogP contribution in [0.25, 0.3) is 10.9 Å². The van der Waals surface area contributed by atoms with Crippen LogP contribution >= 0.6 is 0 Å². The molecule has 4 heteroatoms. The third kappa shape index (κ3) is 1.78. The fraction of sp³-hybridized carbons (Fsp3) is 0.357. The van der Waals surface area contributed by atoms with Crippen molar-refractivity contribution in [3.63, 3.8) is 0 Å². The van der Waals surface area contributed by atoms with Gasteiger partial charge in [-0.25, -0.2) is 0 Å². The van der Waals surface area contributed by atoms with Gasteiger partial charge in [0.1, 0.15) is 5.75 Å². The van der Waals surface area contributed by atoms with E-state index in [1.807, 2.05) is 0 Å². The Morgan fingerprint density at radius 2 is 2.50 bits per heavy atom. The van der Waals surface area contributed by atoms with Crippen molar-refractivity contribution in [3.05, 3.63) is 30.0 Å². The Bertz CT molecular complexity index is 672. The van der Waals surface area contributed by atoms with Gasteiger partial charge in [-0.1, -0.05) is 0 Å². The van der Waals surface area contributed by atoms with Crippen LogP contribution in [0.4, 0.5) is 0 Å². The van der Waals surface area contributed by atoms with Crippen LogP contribution in [0.2, 0.25) is 0 Å². The number of H-pyrrole nitrogens is 1. The molecule has 1 atom stereocenters. The number of hydrogen-bond acceptors (Lipinski definition) is 3. The second-order valence-electron chi connectivity index (χ2n) is 4.52. The van der Waals surface area contributed by atoms with Gasteiger partial charge in [-0.3, -0.25) is 4.79 Å². The number of ketones is 1. The van der Waals surface area contributed by atoms with Crippen LogP contribution in [0.15, 0.2) is 24.4 Å². The van der Waals surface area contributed by atoms with Crippen LogP contribution in [0.3, 0.4) is 0 Å². The molecule has 1 fully saturated rings. The minimum Gasteiger partial charge on any atom is -0.497 e. The molecule has 2 heterocycles. The summed E-state index contributed by atoms with van der Waals surface area (Å²) < 4.78 is 26.3. The fourth-order valence-electron chi connectivity index (χ4n) is 2.46. The number of ether oxygens (including phenoxy) is 1. The predicted molar refractivity (Wildman–Crippen MR) is 70.2 cm³/mol. The zero-order chi connectivity index (χ0) is 15.0. The molecule has 1 aliphatic rings. The van der Waals surface area contributed by atoms with Crippen molar-refractivity contribution >= 4 is 16.7 Å². The quantitative estimate of drug-likeness (QED) is 0.817. The van der Waals surface area contributed by atoms with Crippen LogP contribution < -0.4 is 10.1 Å². The number of rotatable bonds is 3. The van der Waals surface area contributed by atoms with E-state index in [-0.39, 0.29) is 17.6 Å². The van der Waals surface area contributed by atoms with E-state index < -0.39 is 7.04 Å². The van der Waals surface area contributed by atoms with Crippen LogP contribution in [-0.2, 0) is 0 Å². The molecule has 18 heavy (non-hydrogen) atoms. The van der Waals surface area contributed by atoms with E-state index in [9.17, 15) is 4.79 Å². The molecule has 1 aliphatic heterocycles. The van der Waals surface area contributed by atoms with Gasteiger partial charge < -0.3 is 15.0 Å². The summed E-state index contributed by atoms with van der Waals surface area (Å²) in [5.41, 5.74) is 1.36. The largest absolute Gasteiger partial charge is 0.497 e. The summed E-state index contributed by atoms with van der Waals surface area (Å²) in [6.45, 7) is 0.853. The molecule has 1 aromatic heterocycles. The monoisotopic (exact) mass is 247 g/mol. The first kappa shape index (κ1) is 8.32. The van der Waals surface area contributed by atoms with E-state index in [0.29, 0.717) is 10.9 Å². The maximum Gasteiger partial charge on any atom is 0.181 e. The molecule has 1 aromatic carbocycles. The molecule has 3 rings (SSSR count). The average Bonchev–Trinajstić information content (AvgIpc) is 3.05. The lowest BCUT2D eigenvalue weighted by molar-refractivity contribution is 0.0954. The van der Waals surface area contributed by atoms with Crippen molar-refractivity contribution in [3.8, 4) is 5.75 Å². The SMILES string of the molecule is [2H]C([2H])([2H])Oc1ccc2[nH]cc(C(=O)[C@H]3CCCN3)c2c1. The topological polar surface area (TPSA) is 54.1 Å². The normalized spacial score (nSPS) is 22.4. The Morgan fingerprint density at radius 1 is 1.56 bits per heavy atom. The molecular weight excluding hydrogens is 228 g/mol. The number of methoxy groups -OCH3 is 1. The van der Waals surface area contributed by atoms with Gasteiger partial charge >= 0.3 is 0 Å². The van der Waals surface area contributed by atoms with Gasteiger partial charge in [0.2, 0.25) is 0 Å². The number of aromatic nitrogens is 1. The molecule has 0 saturated carbocycles. The number of aromatic amines is 1. The number of benzene rings is 1. The lowest BCUT2D eigenvalue weighted by atomic mass is 10.0. The van der Waals surface area contributed by atoms with Crippen molar-refractivity contribution < 1.29 is 13.6 Å². The molecule has 2 N–H and O–H groups in total. The molecule has 0 amide bonds. The van der Waals surface area contributed by atoms with Crippen LogP contribution in [0.1, 0.15) is 27.3 Å². The Kier molecular flexibility index (Phi) is 2.06. The fourth-order valence-corrected chi connectivity index (χ4v) is 2.46. The first-order valence-electron chi connectivity index (χ1n) is 7.52. The Labute approximate surface area is 110 Å². The summed E-state index contributed by atoms with van der Waals surface area (Å²) in [7, 11) is -2.50. The molecule has 0 radical (unpaired) electrons. The zero-order valence-corrected chi connectivity index (χ0v) is 9.82. The van der Waals surface area contributed by atoms with E-state index in [4.69, 9.17) is 8.85 Å². The summed E-state index contributed by atoms with van der Waals surface area (Å²) in [6.07, 6.45) is 3.50. The maximum atomic E-state index is 12.5. The highest BCUT2D eigenvalue weighted by Gasteiger charge is 2.25. The lowest BCUT2D eigenvalue weighted by Crippen LogP contribution is -2.30. The Hall–Kier alpha value is -1.81. The van der Waals surface area contributed by atoms with Gasteiger partial charge in [0, 0.05) is 22.7 Å². The van der Waals surface area contributed by atoms with Gasteiger partial charge in [-0.05, 0) is 37.6 Å². The molecular formula is C14H16N2O2. The van der Waals surface area contributed by atoms with Crippen LogP contribution in [0.5, 0.6) is 5.75 Å². The number of fused-ring (bicyclic) bond motifs is 1. The van der Waals surface area contributed by atoms with Gasteiger partial charge in [-0.15, -0.1) is 0 Å². The molecule has 94 valence electrons. The summed E-state index contributed by atoms with van der Waals surface area (Å²) >= 11 is 0. The number of Topliss-reactive ketones (excluding diaryl/α,β-unsaturated/α-hetero) is 1. The van der Waals surface area contributed by atoms with Crippen molar-refractivity contribution in [2.24, 2.45) is 0 Å². The Morgan fingerprint density at radius 3 is 3.28 bits per heavy atom. The number of nitrogens with one attached hydrogen (secondary N) is 2. The van der Waals surface area contributed by atoms with Crippen molar-refractivity contribution in [1.29, 1.82) is 0 Å². The van der Waals surface area contributed by atoms with Crippen molar-refractivity contribution in [2.75, 3.05) is 13.6 Å². The third-order valence-corrected chi connectivity index (χ3v) is 3.41. The second-order valence-corrected chi connectivity index (χ2v) is 4.52. The number of carbonyl (C=O) groups is 1.